The lowest BCUT2D eigenvalue weighted by molar-refractivity contribution is 1.51. The molecule has 0 saturated carbocycles. The maximum Gasteiger partial charge on any atom is 0.0942 e. The summed E-state index contributed by atoms with van der Waals surface area (Å²) in [6.07, 6.45) is 3.78. The van der Waals surface area contributed by atoms with Crippen LogP contribution in [-0.4, -0.2) is 0 Å². The van der Waals surface area contributed by atoms with Crippen LogP contribution in [0, 0.1) is 6.92 Å². The fourth-order valence-electron chi connectivity index (χ4n) is 1.60. The molecule has 1 aromatic heterocycles. The highest BCUT2D eigenvalue weighted by molar-refractivity contribution is 9.12. The van der Waals surface area contributed by atoms with Gasteiger partial charge in [-0.25, -0.2) is 0 Å². The van der Waals surface area contributed by atoms with Crippen LogP contribution in [0.4, 0.5) is 5.00 Å². The van der Waals surface area contributed by atoms with Crippen molar-refractivity contribution in [3.8, 4) is 0 Å². The minimum atomic E-state index is 0.847. The van der Waals surface area contributed by atoms with Crippen molar-refractivity contribution in [3.63, 3.8) is 0 Å². The molecule has 0 unspecified atom stereocenters. The first kappa shape index (κ1) is 11.4. The van der Waals surface area contributed by atoms with Crippen LogP contribution in [0.15, 0.2) is 35.3 Å². The number of benzene rings is 1. The van der Waals surface area contributed by atoms with E-state index in [4.69, 9.17) is 5.73 Å². The third-order valence-corrected chi connectivity index (χ3v) is 3.96. The molecule has 2 aromatic rings. The SMILES string of the molecule is C=C/C(Br)=C\c1c(N)sc2ccc(C)cc12. The molecule has 0 spiro atoms. The second-order valence-electron chi connectivity index (χ2n) is 3.61. The van der Waals surface area contributed by atoms with Gasteiger partial charge in [-0.15, -0.1) is 11.3 Å². The lowest BCUT2D eigenvalue weighted by Crippen LogP contribution is -1.82. The molecule has 0 radical (unpaired) electrons. The molecule has 0 amide bonds. The van der Waals surface area contributed by atoms with Crippen molar-refractivity contribution in [2.75, 3.05) is 5.73 Å². The van der Waals surface area contributed by atoms with Crippen LogP contribution in [0.1, 0.15) is 11.1 Å². The summed E-state index contributed by atoms with van der Waals surface area (Å²) in [6.45, 7) is 5.80. The quantitative estimate of drug-likeness (QED) is 0.797. The van der Waals surface area contributed by atoms with Crippen molar-refractivity contribution >= 4 is 48.4 Å². The molecule has 2 rings (SSSR count). The van der Waals surface area contributed by atoms with Crippen molar-refractivity contribution in [2.24, 2.45) is 0 Å². The van der Waals surface area contributed by atoms with E-state index < -0.39 is 0 Å². The Labute approximate surface area is 107 Å². The fraction of sp³-hybridized carbons (Fsp3) is 0.0769. The van der Waals surface area contributed by atoms with Crippen LogP contribution in [0.3, 0.4) is 0 Å². The summed E-state index contributed by atoms with van der Waals surface area (Å²) < 4.78 is 2.17. The summed E-state index contributed by atoms with van der Waals surface area (Å²) in [4.78, 5) is 0. The van der Waals surface area contributed by atoms with Crippen molar-refractivity contribution < 1.29 is 0 Å². The predicted octanol–water partition coefficient (Wildman–Crippen LogP) is 4.71. The molecule has 0 fully saturated rings. The highest BCUT2D eigenvalue weighted by Gasteiger charge is 2.07. The average Bonchev–Trinajstić information content (AvgIpc) is 2.55. The van der Waals surface area contributed by atoms with Crippen LogP contribution in [-0.2, 0) is 0 Å². The molecule has 0 bridgehead atoms. The zero-order valence-electron chi connectivity index (χ0n) is 8.96. The standard InChI is InChI=1S/C13H12BrNS/c1-3-9(14)7-11-10-6-8(2)4-5-12(10)16-13(11)15/h3-7H,1,15H2,2H3/b9-7+. The number of thiophene rings is 1. The molecular weight excluding hydrogens is 282 g/mol. The van der Waals surface area contributed by atoms with Gasteiger partial charge in [-0.1, -0.05) is 40.2 Å². The second-order valence-corrected chi connectivity index (χ2v) is 5.61. The van der Waals surface area contributed by atoms with E-state index in [2.05, 4.69) is 47.6 Å². The Morgan fingerprint density at radius 1 is 1.50 bits per heavy atom. The maximum atomic E-state index is 6.03. The highest BCUT2D eigenvalue weighted by Crippen LogP contribution is 2.36. The van der Waals surface area contributed by atoms with Gasteiger partial charge in [0, 0.05) is 20.1 Å². The molecule has 1 heterocycles. The number of nitrogen functional groups attached to an aromatic ring is 1. The van der Waals surface area contributed by atoms with Crippen LogP contribution in [0.25, 0.3) is 16.2 Å². The molecule has 0 saturated heterocycles. The van der Waals surface area contributed by atoms with Gasteiger partial charge >= 0.3 is 0 Å². The largest absolute Gasteiger partial charge is 0.390 e. The highest BCUT2D eigenvalue weighted by atomic mass is 79.9. The van der Waals surface area contributed by atoms with Crippen molar-refractivity contribution in [1.82, 2.24) is 0 Å². The summed E-state index contributed by atoms with van der Waals surface area (Å²) in [5, 5.41) is 2.06. The van der Waals surface area contributed by atoms with Crippen LogP contribution in [0.2, 0.25) is 0 Å². The van der Waals surface area contributed by atoms with Crippen molar-refractivity contribution in [1.29, 1.82) is 0 Å². The number of hydrogen-bond donors (Lipinski definition) is 1. The zero-order chi connectivity index (χ0) is 11.7. The minimum Gasteiger partial charge on any atom is -0.390 e. The lowest BCUT2D eigenvalue weighted by atomic mass is 10.1. The number of anilines is 1. The third-order valence-electron chi connectivity index (χ3n) is 2.39. The van der Waals surface area contributed by atoms with Gasteiger partial charge in [-0.2, -0.15) is 0 Å². The van der Waals surface area contributed by atoms with Gasteiger partial charge in [-0.05, 0) is 25.1 Å². The van der Waals surface area contributed by atoms with E-state index >= 15 is 0 Å². The normalized spacial score (nSPS) is 12.0. The first-order chi connectivity index (χ1) is 7.61. The first-order valence-corrected chi connectivity index (χ1v) is 6.51. The van der Waals surface area contributed by atoms with E-state index in [-0.39, 0.29) is 0 Å². The summed E-state index contributed by atoms with van der Waals surface area (Å²) in [7, 11) is 0. The minimum absolute atomic E-state index is 0.847. The number of rotatable bonds is 2. The molecule has 0 aliphatic rings. The van der Waals surface area contributed by atoms with Gasteiger partial charge in [0.05, 0.1) is 5.00 Å². The number of aryl methyl sites for hydroxylation is 1. The lowest BCUT2D eigenvalue weighted by Gasteiger charge is -1.96. The van der Waals surface area contributed by atoms with Gasteiger partial charge in [0.1, 0.15) is 0 Å². The smallest absolute Gasteiger partial charge is 0.0942 e. The second kappa shape index (κ2) is 4.44. The maximum absolute atomic E-state index is 6.03. The molecule has 0 aliphatic heterocycles. The van der Waals surface area contributed by atoms with E-state index in [1.807, 2.05) is 6.08 Å². The monoisotopic (exact) mass is 293 g/mol. The summed E-state index contributed by atoms with van der Waals surface area (Å²) >= 11 is 5.05. The topological polar surface area (TPSA) is 26.0 Å². The Morgan fingerprint density at radius 2 is 2.25 bits per heavy atom. The molecular formula is C13H12BrNS. The third kappa shape index (κ3) is 2.06. The zero-order valence-corrected chi connectivity index (χ0v) is 11.4. The Bertz CT molecular complexity index is 581. The molecule has 0 atom stereocenters. The van der Waals surface area contributed by atoms with Gasteiger partial charge < -0.3 is 5.73 Å². The molecule has 82 valence electrons. The molecule has 0 aliphatic carbocycles. The van der Waals surface area contributed by atoms with E-state index in [0.717, 1.165) is 15.0 Å². The van der Waals surface area contributed by atoms with Gasteiger partial charge in [0.15, 0.2) is 0 Å². The van der Waals surface area contributed by atoms with E-state index in [9.17, 15) is 0 Å². The summed E-state index contributed by atoms with van der Waals surface area (Å²) in [5.41, 5.74) is 8.35. The number of nitrogens with two attached hydrogens (primary N) is 1. The van der Waals surface area contributed by atoms with Gasteiger partial charge in [0.25, 0.3) is 0 Å². The van der Waals surface area contributed by atoms with Crippen LogP contribution in [0.5, 0.6) is 0 Å². The molecule has 2 N–H and O–H groups in total. The Morgan fingerprint density at radius 3 is 2.94 bits per heavy atom. The van der Waals surface area contributed by atoms with E-state index in [1.54, 1.807) is 17.4 Å². The number of fused-ring (bicyclic) bond motifs is 1. The number of hydrogen-bond acceptors (Lipinski definition) is 2. The van der Waals surface area contributed by atoms with E-state index in [1.165, 1.54) is 15.6 Å². The van der Waals surface area contributed by atoms with Crippen molar-refractivity contribution in [3.05, 3.63) is 46.5 Å². The fourth-order valence-corrected chi connectivity index (χ4v) is 2.75. The van der Waals surface area contributed by atoms with Crippen LogP contribution < -0.4 is 5.73 Å². The first-order valence-electron chi connectivity index (χ1n) is 4.90. The Hall–Kier alpha value is -1.06. The number of allylic oxidation sites excluding steroid dienone is 2. The molecule has 3 heteroatoms. The van der Waals surface area contributed by atoms with Crippen LogP contribution >= 0.6 is 27.3 Å². The Balaban J connectivity index is 2.72. The van der Waals surface area contributed by atoms with E-state index in [0.29, 0.717) is 0 Å². The predicted molar refractivity (Wildman–Crippen MR) is 78.1 cm³/mol. The number of halogens is 1. The molecule has 1 aromatic carbocycles. The average molecular weight is 294 g/mol. The van der Waals surface area contributed by atoms with Gasteiger partial charge in [0.2, 0.25) is 0 Å². The molecule has 1 nitrogen and oxygen atoms in total. The summed E-state index contributed by atoms with van der Waals surface area (Å²) in [6, 6.07) is 6.39. The van der Waals surface area contributed by atoms with Gasteiger partial charge in [-0.3, -0.25) is 0 Å². The summed E-state index contributed by atoms with van der Waals surface area (Å²) in [5.74, 6) is 0. The Kier molecular flexibility index (Phi) is 3.17. The van der Waals surface area contributed by atoms with Crippen molar-refractivity contribution in [2.45, 2.75) is 6.92 Å². The molecule has 16 heavy (non-hydrogen) atoms.